The summed E-state index contributed by atoms with van der Waals surface area (Å²) in [7, 11) is 0. The van der Waals surface area contributed by atoms with E-state index >= 15 is 0 Å². The lowest BCUT2D eigenvalue weighted by molar-refractivity contribution is -0.00603. The molecule has 0 bridgehead atoms. The molecule has 4 rings (SSSR count). The van der Waals surface area contributed by atoms with Crippen LogP contribution in [0.5, 0.6) is 0 Å². The molecule has 0 atom stereocenters. The Labute approximate surface area is 178 Å². The van der Waals surface area contributed by atoms with Crippen molar-refractivity contribution >= 4 is 49.8 Å². The zero-order valence-electron chi connectivity index (χ0n) is 15.6. The second-order valence-electron chi connectivity index (χ2n) is 7.12. The van der Waals surface area contributed by atoms with Crippen molar-refractivity contribution in [1.82, 2.24) is 4.98 Å². The van der Waals surface area contributed by atoms with E-state index in [0.717, 1.165) is 16.6 Å². The van der Waals surface area contributed by atoms with E-state index in [-0.39, 0.29) is 30.5 Å². The number of fused-ring (bicyclic) bond motifs is 1. The van der Waals surface area contributed by atoms with Crippen molar-refractivity contribution in [3.05, 3.63) is 70.1 Å². The summed E-state index contributed by atoms with van der Waals surface area (Å²) >= 11 is 3.42. The highest BCUT2D eigenvalue weighted by Crippen LogP contribution is 2.41. The molecule has 0 fully saturated rings. The molecule has 30 heavy (non-hydrogen) atoms. The number of carboxylic acid groups (broad SMARTS) is 1. The summed E-state index contributed by atoms with van der Waals surface area (Å²) in [5.41, 5.74) is 2.45. The predicted octanol–water partition coefficient (Wildman–Crippen LogP) is 6.78. The van der Waals surface area contributed by atoms with Crippen LogP contribution in [0.3, 0.4) is 0 Å². The number of anilines is 2. The Hall–Kier alpha value is -2.87. The first-order chi connectivity index (χ1) is 14.2. The van der Waals surface area contributed by atoms with E-state index in [1.807, 2.05) is 12.1 Å². The van der Waals surface area contributed by atoms with Gasteiger partial charge in [-0.1, -0.05) is 22.0 Å². The first-order valence-corrected chi connectivity index (χ1v) is 9.98. The average molecular weight is 477 g/mol. The zero-order valence-corrected chi connectivity index (χ0v) is 17.1. The first kappa shape index (κ1) is 20.4. The molecule has 0 saturated carbocycles. The van der Waals surface area contributed by atoms with Gasteiger partial charge < -0.3 is 10.4 Å². The van der Waals surface area contributed by atoms with Crippen molar-refractivity contribution in [1.29, 1.82) is 0 Å². The minimum absolute atomic E-state index is 0.165. The Morgan fingerprint density at radius 1 is 1.20 bits per heavy atom. The maximum atomic E-state index is 13.6. The third kappa shape index (κ3) is 4.05. The highest BCUT2D eigenvalue weighted by Gasteiger charge is 2.32. The summed E-state index contributed by atoms with van der Waals surface area (Å²) in [4.78, 5) is 16.1. The number of hydrogen-bond donors (Lipinski definition) is 2. The van der Waals surface area contributed by atoms with Gasteiger partial charge in [-0.2, -0.15) is 0 Å². The number of alkyl halides is 2. The molecule has 1 aliphatic rings. The number of rotatable bonds is 4. The van der Waals surface area contributed by atoms with Crippen molar-refractivity contribution < 1.29 is 23.1 Å². The maximum Gasteiger partial charge on any atom is 0.337 e. The number of benzene rings is 2. The smallest absolute Gasteiger partial charge is 0.337 e. The molecule has 1 aromatic heterocycles. The Morgan fingerprint density at radius 2 is 2.00 bits per heavy atom. The summed E-state index contributed by atoms with van der Waals surface area (Å²) < 4.78 is 41.7. The maximum absolute atomic E-state index is 13.6. The van der Waals surface area contributed by atoms with Gasteiger partial charge in [0, 0.05) is 34.5 Å². The van der Waals surface area contributed by atoms with Gasteiger partial charge in [0.1, 0.15) is 5.82 Å². The normalized spacial score (nSPS) is 15.7. The molecule has 0 saturated heterocycles. The molecule has 2 aromatic carbocycles. The van der Waals surface area contributed by atoms with Gasteiger partial charge in [-0.15, -0.1) is 0 Å². The molecule has 1 aliphatic carbocycles. The lowest BCUT2D eigenvalue weighted by atomic mass is 9.90. The number of pyridine rings is 1. The van der Waals surface area contributed by atoms with Crippen molar-refractivity contribution in [2.45, 2.75) is 25.2 Å². The number of hydrogen-bond acceptors (Lipinski definition) is 3. The monoisotopic (exact) mass is 476 g/mol. The van der Waals surface area contributed by atoms with Crippen molar-refractivity contribution in [3.8, 4) is 0 Å². The zero-order chi connectivity index (χ0) is 21.5. The standard InChI is InChI=1S/C22H16BrF3N2O2/c23-13-1-3-18-15(9-13)20(28-19-4-2-14(24)10-16(19)21(29)30)17(11-27-18)12-5-7-22(25,26)8-6-12/h1-5,9-11H,6-8H2,(H,27,28)(H,29,30). The molecular formula is C22H16BrF3N2O2. The lowest BCUT2D eigenvalue weighted by Gasteiger charge is -2.24. The topological polar surface area (TPSA) is 62.2 Å². The molecule has 3 aromatic rings. The van der Waals surface area contributed by atoms with E-state index < -0.39 is 17.7 Å². The lowest BCUT2D eigenvalue weighted by Crippen LogP contribution is -2.18. The molecule has 0 aliphatic heterocycles. The molecule has 0 unspecified atom stereocenters. The number of nitrogens with one attached hydrogen (secondary N) is 1. The van der Waals surface area contributed by atoms with Gasteiger partial charge in [-0.25, -0.2) is 18.0 Å². The van der Waals surface area contributed by atoms with Crippen molar-refractivity contribution in [2.24, 2.45) is 0 Å². The van der Waals surface area contributed by atoms with Crippen molar-refractivity contribution in [3.63, 3.8) is 0 Å². The van der Waals surface area contributed by atoms with Crippen LogP contribution in [0.1, 0.15) is 35.2 Å². The third-order valence-corrected chi connectivity index (χ3v) is 5.55. The Morgan fingerprint density at radius 3 is 2.70 bits per heavy atom. The van der Waals surface area contributed by atoms with Crippen LogP contribution in [0.25, 0.3) is 16.5 Å². The van der Waals surface area contributed by atoms with Gasteiger partial charge in [0.25, 0.3) is 5.92 Å². The average Bonchev–Trinajstić information content (AvgIpc) is 2.69. The highest BCUT2D eigenvalue weighted by atomic mass is 79.9. The summed E-state index contributed by atoms with van der Waals surface area (Å²) in [6, 6.07) is 8.87. The fraction of sp³-hybridized carbons (Fsp3) is 0.182. The number of halogens is 4. The van der Waals surface area contributed by atoms with E-state index in [4.69, 9.17) is 0 Å². The molecule has 8 heteroatoms. The van der Waals surface area contributed by atoms with Crippen LogP contribution in [0.2, 0.25) is 0 Å². The van der Waals surface area contributed by atoms with Crippen LogP contribution in [0.15, 0.2) is 53.1 Å². The second kappa shape index (κ2) is 7.75. The van der Waals surface area contributed by atoms with E-state index in [9.17, 15) is 23.1 Å². The summed E-state index contributed by atoms with van der Waals surface area (Å²) in [6.07, 6.45) is 2.62. The van der Waals surface area contributed by atoms with Crippen LogP contribution >= 0.6 is 15.9 Å². The molecule has 0 radical (unpaired) electrons. The fourth-order valence-electron chi connectivity index (χ4n) is 3.52. The number of allylic oxidation sites excluding steroid dienone is 2. The summed E-state index contributed by atoms with van der Waals surface area (Å²) in [6.45, 7) is 0. The fourth-order valence-corrected chi connectivity index (χ4v) is 3.88. The van der Waals surface area contributed by atoms with Gasteiger partial charge in [-0.3, -0.25) is 4.98 Å². The van der Waals surface area contributed by atoms with Gasteiger partial charge >= 0.3 is 5.97 Å². The predicted molar refractivity (Wildman–Crippen MR) is 113 cm³/mol. The van der Waals surface area contributed by atoms with Crippen LogP contribution < -0.4 is 5.32 Å². The van der Waals surface area contributed by atoms with E-state index in [0.29, 0.717) is 27.7 Å². The van der Waals surface area contributed by atoms with Crippen LogP contribution in [-0.2, 0) is 0 Å². The largest absolute Gasteiger partial charge is 0.478 e. The van der Waals surface area contributed by atoms with Gasteiger partial charge in [0.15, 0.2) is 0 Å². The number of aromatic carboxylic acids is 1. The first-order valence-electron chi connectivity index (χ1n) is 9.19. The van der Waals surface area contributed by atoms with E-state index in [1.54, 1.807) is 12.3 Å². The van der Waals surface area contributed by atoms with Crippen LogP contribution in [0, 0.1) is 5.82 Å². The number of aromatic nitrogens is 1. The van der Waals surface area contributed by atoms with E-state index in [2.05, 4.69) is 26.2 Å². The molecule has 0 amide bonds. The van der Waals surface area contributed by atoms with Crippen molar-refractivity contribution in [2.75, 3.05) is 5.32 Å². The molecule has 4 nitrogen and oxygen atoms in total. The second-order valence-corrected chi connectivity index (χ2v) is 8.03. The van der Waals surface area contributed by atoms with E-state index in [1.165, 1.54) is 12.1 Å². The minimum atomic E-state index is -2.74. The Balaban J connectivity index is 1.90. The van der Waals surface area contributed by atoms with Gasteiger partial charge in [0.05, 0.1) is 22.5 Å². The Bertz CT molecular complexity index is 1190. The molecule has 0 spiro atoms. The van der Waals surface area contributed by atoms with Gasteiger partial charge in [-0.05, 0) is 48.4 Å². The SMILES string of the molecule is O=C(O)c1cc(F)ccc1Nc1c(C2=CCC(F)(F)CC2)cnc2ccc(Br)cc12. The molecule has 1 heterocycles. The molecule has 154 valence electrons. The highest BCUT2D eigenvalue weighted by molar-refractivity contribution is 9.10. The van der Waals surface area contributed by atoms with Crippen LogP contribution in [0.4, 0.5) is 24.5 Å². The summed E-state index contributed by atoms with van der Waals surface area (Å²) in [5.74, 6) is -4.69. The van der Waals surface area contributed by atoms with Crippen LogP contribution in [-0.4, -0.2) is 22.0 Å². The third-order valence-electron chi connectivity index (χ3n) is 5.05. The minimum Gasteiger partial charge on any atom is -0.478 e. The Kier molecular flexibility index (Phi) is 5.27. The number of carbonyl (C=O) groups is 1. The number of carboxylic acids is 1. The molecular weight excluding hydrogens is 461 g/mol. The number of nitrogens with zero attached hydrogens (tertiary/aromatic N) is 1. The molecule has 2 N–H and O–H groups in total. The summed E-state index contributed by atoms with van der Waals surface area (Å²) in [5, 5.41) is 13.3. The quantitative estimate of drug-likeness (QED) is 0.435. The van der Waals surface area contributed by atoms with Gasteiger partial charge in [0.2, 0.25) is 0 Å².